The number of carbonyl (C=O) groups is 2. The second kappa shape index (κ2) is 8.97. The smallest absolute Gasteiger partial charge is 0.272 e. The molecule has 0 unspecified atom stereocenters. The number of benzene rings is 2. The van der Waals surface area contributed by atoms with Crippen LogP contribution in [0.3, 0.4) is 0 Å². The van der Waals surface area contributed by atoms with Crippen LogP contribution >= 0.6 is 0 Å². The number of pyridine rings is 1. The molecular weight excluding hydrogens is 436 g/mol. The highest BCUT2D eigenvalue weighted by Gasteiger charge is 2.56. The van der Waals surface area contributed by atoms with Gasteiger partial charge in [0.15, 0.2) is 0 Å². The highest BCUT2D eigenvalue weighted by atomic mass is 19.1. The summed E-state index contributed by atoms with van der Waals surface area (Å²) in [5.74, 6) is -1.98. The van der Waals surface area contributed by atoms with E-state index < -0.39 is 22.7 Å². The third-order valence-electron chi connectivity index (χ3n) is 7.08. The van der Waals surface area contributed by atoms with Crippen LogP contribution in [0, 0.1) is 23.0 Å². The molecule has 1 aliphatic heterocycles. The molecule has 0 radical (unpaired) electrons. The molecule has 174 valence electrons. The lowest BCUT2D eigenvalue weighted by Gasteiger charge is -2.35. The molecule has 1 saturated heterocycles. The predicted molar refractivity (Wildman–Crippen MR) is 125 cm³/mol. The van der Waals surface area contributed by atoms with Crippen LogP contribution in [0.25, 0.3) is 11.1 Å². The van der Waals surface area contributed by atoms with Crippen molar-refractivity contribution in [2.75, 3.05) is 18.4 Å². The van der Waals surface area contributed by atoms with E-state index in [0.717, 1.165) is 0 Å². The number of nitrogens with one attached hydrogen (secondary N) is 1. The van der Waals surface area contributed by atoms with Gasteiger partial charge in [-0.15, -0.1) is 0 Å². The van der Waals surface area contributed by atoms with Gasteiger partial charge in [-0.25, -0.2) is 8.78 Å². The van der Waals surface area contributed by atoms with Gasteiger partial charge in [0.25, 0.3) is 5.91 Å². The van der Waals surface area contributed by atoms with E-state index in [2.05, 4.69) is 10.3 Å². The Kier molecular flexibility index (Phi) is 5.86. The molecule has 1 saturated carbocycles. The molecule has 2 amide bonds. The molecule has 2 fully saturated rings. The van der Waals surface area contributed by atoms with Crippen LogP contribution in [0.1, 0.15) is 36.2 Å². The van der Waals surface area contributed by atoms with Crippen molar-refractivity contribution in [3.8, 4) is 11.1 Å². The molecule has 34 heavy (non-hydrogen) atoms. The summed E-state index contributed by atoms with van der Waals surface area (Å²) in [6.45, 7) is 1.06. The number of rotatable bonds is 5. The van der Waals surface area contributed by atoms with Crippen molar-refractivity contribution in [1.29, 1.82) is 0 Å². The molecule has 5 nitrogen and oxygen atoms in total. The van der Waals surface area contributed by atoms with Crippen molar-refractivity contribution in [2.24, 2.45) is 11.3 Å². The number of aromatic nitrogens is 1. The monoisotopic (exact) mass is 461 g/mol. The van der Waals surface area contributed by atoms with E-state index in [9.17, 15) is 18.4 Å². The van der Waals surface area contributed by atoms with Gasteiger partial charge in [-0.2, -0.15) is 0 Å². The van der Waals surface area contributed by atoms with Gasteiger partial charge >= 0.3 is 0 Å². The van der Waals surface area contributed by atoms with Crippen LogP contribution in [-0.4, -0.2) is 34.8 Å². The van der Waals surface area contributed by atoms with Crippen molar-refractivity contribution in [3.05, 3.63) is 84.2 Å². The van der Waals surface area contributed by atoms with Crippen molar-refractivity contribution in [1.82, 2.24) is 9.88 Å². The first-order chi connectivity index (χ1) is 16.5. The molecule has 7 heteroatoms. The molecule has 5 rings (SSSR count). The van der Waals surface area contributed by atoms with Crippen LogP contribution in [0.2, 0.25) is 0 Å². The van der Waals surface area contributed by atoms with Gasteiger partial charge in [-0.05, 0) is 67.0 Å². The average molecular weight is 462 g/mol. The van der Waals surface area contributed by atoms with E-state index in [4.69, 9.17) is 0 Å². The lowest BCUT2D eigenvalue weighted by atomic mass is 9.80. The molecule has 0 bridgehead atoms. The fourth-order valence-corrected chi connectivity index (χ4v) is 4.97. The third-order valence-corrected chi connectivity index (χ3v) is 7.08. The van der Waals surface area contributed by atoms with Gasteiger partial charge in [0.1, 0.15) is 23.0 Å². The summed E-state index contributed by atoms with van der Waals surface area (Å²) in [4.78, 5) is 31.7. The van der Waals surface area contributed by atoms with Crippen LogP contribution in [0.5, 0.6) is 0 Å². The van der Waals surface area contributed by atoms with E-state index in [1.807, 2.05) is 6.07 Å². The van der Waals surface area contributed by atoms with Crippen LogP contribution in [0.15, 0.2) is 66.9 Å². The minimum atomic E-state index is -0.793. The van der Waals surface area contributed by atoms with Gasteiger partial charge in [-0.1, -0.05) is 36.4 Å². The van der Waals surface area contributed by atoms with Crippen LogP contribution in [-0.2, 0) is 4.79 Å². The third kappa shape index (κ3) is 4.18. The molecule has 3 aromatic rings. The lowest BCUT2D eigenvalue weighted by Crippen LogP contribution is -2.43. The Hall–Kier alpha value is -3.61. The summed E-state index contributed by atoms with van der Waals surface area (Å²) in [6.07, 6.45) is 4.30. The second-order valence-electron chi connectivity index (χ2n) is 9.07. The Balaban J connectivity index is 1.26. The molecule has 2 aromatic carbocycles. The van der Waals surface area contributed by atoms with Gasteiger partial charge in [0.05, 0.1) is 5.41 Å². The fraction of sp³-hybridized carbons (Fsp3) is 0.296. The number of hydrogen-bond acceptors (Lipinski definition) is 3. The van der Waals surface area contributed by atoms with E-state index in [1.165, 1.54) is 12.1 Å². The number of halogens is 2. The van der Waals surface area contributed by atoms with Gasteiger partial charge in [0, 0.05) is 19.3 Å². The van der Waals surface area contributed by atoms with Crippen molar-refractivity contribution >= 4 is 17.5 Å². The quantitative estimate of drug-likeness (QED) is 0.561. The maximum atomic E-state index is 14.8. The molecular formula is C27H25F2N3O2. The first-order valence-electron chi connectivity index (χ1n) is 11.5. The number of carbonyl (C=O) groups excluding carboxylic acids is 2. The first kappa shape index (κ1) is 22.2. The number of nitrogens with zero attached hydrogens (tertiary/aromatic N) is 2. The Bertz CT molecular complexity index is 1180. The second-order valence-corrected chi connectivity index (χ2v) is 9.07. The highest BCUT2D eigenvalue weighted by Crippen LogP contribution is 2.56. The number of likely N-dealkylation sites (tertiary alicyclic amines) is 1. The van der Waals surface area contributed by atoms with E-state index in [-0.39, 0.29) is 17.7 Å². The summed E-state index contributed by atoms with van der Waals surface area (Å²) in [5.41, 5.74) is 0.490. The Morgan fingerprint density at radius 3 is 2.15 bits per heavy atom. The average Bonchev–Trinajstić information content (AvgIpc) is 3.69. The molecule has 2 aliphatic rings. The first-order valence-corrected chi connectivity index (χ1v) is 11.5. The summed E-state index contributed by atoms with van der Waals surface area (Å²) in [6, 6.07) is 16.7. The predicted octanol–water partition coefficient (Wildman–Crippen LogP) is 5.30. The molecule has 1 aliphatic carbocycles. The zero-order chi connectivity index (χ0) is 23.7. The van der Waals surface area contributed by atoms with Crippen molar-refractivity contribution in [2.45, 2.75) is 25.7 Å². The highest BCUT2D eigenvalue weighted by molar-refractivity contribution is 5.98. The van der Waals surface area contributed by atoms with E-state index >= 15 is 0 Å². The van der Waals surface area contributed by atoms with Gasteiger partial charge < -0.3 is 10.2 Å². The minimum Gasteiger partial charge on any atom is -0.337 e. The van der Waals surface area contributed by atoms with Crippen LogP contribution < -0.4 is 5.32 Å². The number of hydrogen-bond donors (Lipinski definition) is 1. The summed E-state index contributed by atoms with van der Waals surface area (Å²) < 4.78 is 29.6. The number of anilines is 1. The molecule has 2 heterocycles. The summed E-state index contributed by atoms with van der Waals surface area (Å²) >= 11 is 0. The van der Waals surface area contributed by atoms with E-state index in [1.54, 1.807) is 53.6 Å². The number of amides is 2. The largest absolute Gasteiger partial charge is 0.337 e. The SMILES string of the molecule is O=C(c1ccccn1)N1CCC(C2(C(=O)Nc3c(F)cc(-c4ccccc4)cc3F)CC2)CC1. The van der Waals surface area contributed by atoms with Crippen molar-refractivity contribution < 1.29 is 18.4 Å². The minimum absolute atomic E-state index is 0.0648. The summed E-state index contributed by atoms with van der Waals surface area (Å²) in [5, 5.41) is 2.54. The fourth-order valence-electron chi connectivity index (χ4n) is 4.97. The summed E-state index contributed by atoms with van der Waals surface area (Å²) in [7, 11) is 0. The zero-order valence-corrected chi connectivity index (χ0v) is 18.6. The topological polar surface area (TPSA) is 62.3 Å². The van der Waals surface area contributed by atoms with Gasteiger partial charge in [-0.3, -0.25) is 14.6 Å². The van der Waals surface area contributed by atoms with Gasteiger partial charge in [0.2, 0.25) is 5.91 Å². The van der Waals surface area contributed by atoms with Crippen LogP contribution in [0.4, 0.5) is 14.5 Å². The Labute approximate surface area is 196 Å². The molecule has 0 atom stereocenters. The Morgan fingerprint density at radius 2 is 1.56 bits per heavy atom. The zero-order valence-electron chi connectivity index (χ0n) is 18.6. The molecule has 1 N–H and O–H groups in total. The standard InChI is InChI=1S/C27H25F2N3O2/c28-21-16-19(18-6-2-1-3-7-18)17-22(29)24(21)31-26(34)27(11-12-27)20-9-14-32(15-10-20)25(33)23-8-4-5-13-30-23/h1-8,13,16-17,20H,9-12,14-15H2,(H,31,34). The molecule has 0 spiro atoms. The maximum absolute atomic E-state index is 14.8. The normalized spacial score (nSPS) is 17.3. The molecule has 1 aromatic heterocycles. The lowest BCUT2D eigenvalue weighted by molar-refractivity contribution is -0.123. The van der Waals surface area contributed by atoms with Crippen molar-refractivity contribution in [3.63, 3.8) is 0 Å². The van der Waals surface area contributed by atoms with E-state index in [0.29, 0.717) is 55.6 Å². The maximum Gasteiger partial charge on any atom is 0.272 e. The number of piperidine rings is 1. The Morgan fingerprint density at radius 1 is 0.912 bits per heavy atom.